The maximum absolute atomic E-state index is 6.00. The number of oxime groups is 1. The van der Waals surface area contributed by atoms with E-state index in [0.717, 1.165) is 73.3 Å². The molecule has 2 saturated carbocycles. The second kappa shape index (κ2) is 7.52. The molecule has 1 spiro atoms. The predicted molar refractivity (Wildman–Crippen MR) is 116 cm³/mol. The zero-order valence-corrected chi connectivity index (χ0v) is 17.6. The van der Waals surface area contributed by atoms with E-state index in [9.17, 15) is 0 Å². The fraction of sp³-hybridized carbons (Fsp3) is 0.696. The van der Waals surface area contributed by atoms with Crippen LogP contribution in [0.15, 0.2) is 17.5 Å². The molecule has 2 aromatic heterocycles. The Balaban J connectivity index is 1.39. The van der Waals surface area contributed by atoms with Crippen LogP contribution in [-0.4, -0.2) is 45.3 Å². The van der Waals surface area contributed by atoms with E-state index in [1.807, 2.05) is 12.4 Å². The average Bonchev–Trinajstić information content (AvgIpc) is 3.58. The summed E-state index contributed by atoms with van der Waals surface area (Å²) in [6, 6.07) is 0.881. The quantitative estimate of drug-likeness (QED) is 0.800. The average molecular weight is 410 g/mol. The Hall–Kier alpha value is -2.15. The fourth-order valence-electron chi connectivity index (χ4n) is 5.79. The third kappa shape index (κ3) is 3.18. The fourth-order valence-corrected chi connectivity index (χ4v) is 5.79. The van der Waals surface area contributed by atoms with Crippen LogP contribution >= 0.6 is 0 Å². The van der Waals surface area contributed by atoms with Crippen molar-refractivity contribution in [3.8, 4) is 0 Å². The first kappa shape index (κ1) is 18.6. The van der Waals surface area contributed by atoms with E-state index in [4.69, 9.17) is 19.7 Å². The Bertz CT molecular complexity index is 950. The number of nitrogens with one attached hydrogen (secondary N) is 1. The molecule has 0 radical (unpaired) electrons. The number of fused-ring (bicyclic) bond motifs is 1. The van der Waals surface area contributed by atoms with Crippen molar-refractivity contribution in [2.75, 3.05) is 18.5 Å². The van der Waals surface area contributed by atoms with Crippen molar-refractivity contribution in [2.45, 2.75) is 88.3 Å². The Kier molecular flexibility index (Phi) is 4.66. The number of nitrogens with zero attached hydrogens (tertiary/aromatic N) is 4. The van der Waals surface area contributed by atoms with Crippen LogP contribution in [0.3, 0.4) is 0 Å². The molecule has 0 bridgehead atoms. The number of ether oxygens (including phenoxy) is 1. The number of aromatic nitrogens is 3. The summed E-state index contributed by atoms with van der Waals surface area (Å²) in [5, 5.41) is 14.3. The van der Waals surface area contributed by atoms with Crippen LogP contribution in [0, 0.1) is 0 Å². The highest BCUT2D eigenvalue weighted by atomic mass is 16.7. The first-order valence-corrected chi connectivity index (χ1v) is 11.8. The van der Waals surface area contributed by atoms with Gasteiger partial charge in [-0.15, -0.1) is 0 Å². The minimum absolute atomic E-state index is 0.0751. The maximum atomic E-state index is 6.00. The van der Waals surface area contributed by atoms with Gasteiger partial charge in [0.05, 0.1) is 29.0 Å². The number of hydrogen-bond donors (Lipinski definition) is 1. The first-order chi connectivity index (χ1) is 14.8. The molecule has 1 N–H and O–H groups in total. The summed E-state index contributed by atoms with van der Waals surface area (Å²) in [6.07, 6.45) is 16.6. The van der Waals surface area contributed by atoms with E-state index in [-0.39, 0.29) is 5.60 Å². The van der Waals surface area contributed by atoms with Crippen LogP contribution in [0.5, 0.6) is 0 Å². The Morgan fingerprint density at radius 1 is 1.00 bits per heavy atom. The summed E-state index contributed by atoms with van der Waals surface area (Å²) in [4.78, 5) is 10.9. The predicted octanol–water partition coefficient (Wildman–Crippen LogP) is 4.57. The van der Waals surface area contributed by atoms with Crippen LogP contribution in [0.4, 0.5) is 5.69 Å². The lowest BCUT2D eigenvalue weighted by atomic mass is 9.92. The summed E-state index contributed by atoms with van der Waals surface area (Å²) in [6.45, 7) is 1.63. The van der Waals surface area contributed by atoms with E-state index in [1.54, 1.807) is 0 Å². The highest BCUT2D eigenvalue weighted by Crippen LogP contribution is 2.42. The minimum atomic E-state index is -0.0751. The van der Waals surface area contributed by atoms with Crippen LogP contribution in [0.25, 0.3) is 11.0 Å². The molecule has 30 heavy (non-hydrogen) atoms. The van der Waals surface area contributed by atoms with E-state index in [1.165, 1.54) is 38.5 Å². The molecule has 2 aliphatic carbocycles. The molecule has 4 heterocycles. The lowest BCUT2D eigenvalue weighted by Crippen LogP contribution is -2.29. The SMILES string of the molecule is c1nc2c(cnn2C2CCCC2)c(NC2CCOCC2)c1C1=NOC2(CCCC2)C1. The molecular formula is C23H31N5O2. The molecule has 160 valence electrons. The first-order valence-electron chi connectivity index (χ1n) is 11.8. The van der Waals surface area contributed by atoms with Gasteiger partial charge in [-0.3, -0.25) is 0 Å². The molecule has 4 aliphatic rings. The third-order valence-corrected chi connectivity index (χ3v) is 7.53. The molecule has 3 fully saturated rings. The zero-order valence-electron chi connectivity index (χ0n) is 17.6. The van der Waals surface area contributed by atoms with Crippen molar-refractivity contribution in [1.82, 2.24) is 14.8 Å². The second-order valence-electron chi connectivity index (χ2n) is 9.54. The van der Waals surface area contributed by atoms with Crippen LogP contribution in [0.2, 0.25) is 0 Å². The van der Waals surface area contributed by atoms with Gasteiger partial charge in [-0.2, -0.15) is 5.10 Å². The molecule has 1 saturated heterocycles. The molecule has 6 rings (SSSR count). The summed E-state index contributed by atoms with van der Waals surface area (Å²) in [5.41, 5.74) is 4.18. The van der Waals surface area contributed by atoms with Gasteiger partial charge in [0.2, 0.25) is 0 Å². The van der Waals surface area contributed by atoms with Crippen molar-refractivity contribution in [3.63, 3.8) is 0 Å². The molecular weight excluding hydrogens is 378 g/mol. The largest absolute Gasteiger partial charge is 0.389 e. The maximum Gasteiger partial charge on any atom is 0.160 e. The molecule has 7 heteroatoms. The smallest absolute Gasteiger partial charge is 0.160 e. The third-order valence-electron chi connectivity index (χ3n) is 7.53. The molecule has 0 amide bonds. The van der Waals surface area contributed by atoms with Crippen LogP contribution in [0.1, 0.15) is 82.2 Å². The van der Waals surface area contributed by atoms with Gasteiger partial charge in [0.1, 0.15) is 5.60 Å². The van der Waals surface area contributed by atoms with Gasteiger partial charge in [0.25, 0.3) is 0 Å². The van der Waals surface area contributed by atoms with Crippen molar-refractivity contribution < 1.29 is 9.57 Å². The standard InChI is InChI=1S/C23H31N5O2/c1-2-6-17(5-1)28-22-19(15-25-28)21(26-16-7-11-29-12-8-16)18(14-24-22)20-13-23(30-27-20)9-3-4-10-23/h14-17H,1-13H2,(H,24,26). The number of pyridine rings is 1. The Morgan fingerprint density at radius 2 is 1.80 bits per heavy atom. The zero-order chi connectivity index (χ0) is 20.0. The lowest BCUT2D eigenvalue weighted by Gasteiger charge is -2.26. The molecule has 0 atom stereocenters. The number of anilines is 1. The summed E-state index contributed by atoms with van der Waals surface area (Å²) >= 11 is 0. The summed E-state index contributed by atoms with van der Waals surface area (Å²) < 4.78 is 7.74. The summed E-state index contributed by atoms with van der Waals surface area (Å²) in [7, 11) is 0. The highest BCUT2D eigenvalue weighted by molar-refractivity contribution is 6.10. The van der Waals surface area contributed by atoms with E-state index in [0.29, 0.717) is 12.1 Å². The normalized spacial score (nSPS) is 24.6. The van der Waals surface area contributed by atoms with Gasteiger partial charge < -0.3 is 14.9 Å². The van der Waals surface area contributed by atoms with E-state index < -0.39 is 0 Å². The molecule has 2 aromatic rings. The van der Waals surface area contributed by atoms with Crippen molar-refractivity contribution in [1.29, 1.82) is 0 Å². The number of rotatable bonds is 4. The van der Waals surface area contributed by atoms with Gasteiger partial charge in [0, 0.05) is 37.4 Å². The lowest BCUT2D eigenvalue weighted by molar-refractivity contribution is -0.0126. The van der Waals surface area contributed by atoms with Gasteiger partial charge >= 0.3 is 0 Å². The van der Waals surface area contributed by atoms with Gasteiger partial charge in [-0.05, 0) is 51.4 Å². The van der Waals surface area contributed by atoms with Crippen LogP contribution in [-0.2, 0) is 9.57 Å². The molecule has 0 unspecified atom stereocenters. The summed E-state index contributed by atoms with van der Waals surface area (Å²) in [5.74, 6) is 0. The van der Waals surface area contributed by atoms with E-state index >= 15 is 0 Å². The van der Waals surface area contributed by atoms with Crippen LogP contribution < -0.4 is 5.32 Å². The van der Waals surface area contributed by atoms with Gasteiger partial charge in [0.15, 0.2) is 5.65 Å². The van der Waals surface area contributed by atoms with E-state index in [2.05, 4.69) is 15.2 Å². The topological polar surface area (TPSA) is 73.6 Å². The Morgan fingerprint density at radius 3 is 2.60 bits per heavy atom. The molecule has 0 aromatic carbocycles. The van der Waals surface area contributed by atoms with Gasteiger partial charge in [-0.1, -0.05) is 18.0 Å². The van der Waals surface area contributed by atoms with Crippen molar-refractivity contribution in [2.24, 2.45) is 5.16 Å². The molecule has 7 nitrogen and oxygen atoms in total. The van der Waals surface area contributed by atoms with Crippen molar-refractivity contribution in [3.05, 3.63) is 18.0 Å². The Labute approximate surface area is 177 Å². The number of hydrogen-bond acceptors (Lipinski definition) is 6. The second-order valence-corrected chi connectivity index (χ2v) is 9.54. The monoisotopic (exact) mass is 409 g/mol. The highest BCUT2D eigenvalue weighted by Gasteiger charge is 2.42. The minimum Gasteiger partial charge on any atom is -0.389 e. The molecule has 2 aliphatic heterocycles. The van der Waals surface area contributed by atoms with Crippen molar-refractivity contribution >= 4 is 22.4 Å². The van der Waals surface area contributed by atoms with Gasteiger partial charge in [-0.25, -0.2) is 9.67 Å².